The van der Waals surface area contributed by atoms with Gasteiger partial charge in [-0.15, -0.1) is 0 Å². The molecule has 2 N–H and O–H groups in total. The summed E-state index contributed by atoms with van der Waals surface area (Å²) in [5.74, 6) is 0. The first-order valence-electron chi connectivity index (χ1n) is 8.20. The van der Waals surface area contributed by atoms with Gasteiger partial charge in [-0.25, -0.2) is 0 Å². The summed E-state index contributed by atoms with van der Waals surface area (Å²) in [6.45, 7) is 4.18. The fraction of sp³-hybridized carbons (Fsp3) is 0.588. The van der Waals surface area contributed by atoms with E-state index in [-0.39, 0.29) is 0 Å². The van der Waals surface area contributed by atoms with Crippen LogP contribution in [0.1, 0.15) is 25.7 Å². The highest BCUT2D eigenvalue weighted by molar-refractivity contribution is 7.80. The van der Waals surface area contributed by atoms with E-state index in [1.54, 1.807) is 0 Å². The lowest BCUT2D eigenvalue weighted by Crippen LogP contribution is -2.34. The van der Waals surface area contributed by atoms with E-state index < -0.39 is 0 Å². The first-order valence-corrected chi connectivity index (χ1v) is 8.60. The van der Waals surface area contributed by atoms with Crippen LogP contribution in [0.5, 0.6) is 0 Å². The minimum atomic E-state index is 0.685. The third kappa shape index (κ3) is 5.81. The normalized spacial score (nSPS) is 15.5. The van der Waals surface area contributed by atoms with Gasteiger partial charge in [0.2, 0.25) is 0 Å². The van der Waals surface area contributed by atoms with Gasteiger partial charge in [0.1, 0.15) is 0 Å². The first-order chi connectivity index (χ1) is 10.6. The third-order valence-electron chi connectivity index (χ3n) is 3.94. The van der Waals surface area contributed by atoms with Gasteiger partial charge in [0, 0.05) is 37.6 Å². The number of thiocarbonyl (C=S) groups is 1. The Morgan fingerprint density at radius 2 is 1.73 bits per heavy atom. The van der Waals surface area contributed by atoms with Crippen molar-refractivity contribution in [2.45, 2.75) is 25.7 Å². The van der Waals surface area contributed by atoms with Crippen LogP contribution < -0.4 is 15.5 Å². The molecule has 0 aromatic heterocycles. The zero-order valence-electron chi connectivity index (χ0n) is 13.8. The van der Waals surface area contributed by atoms with Crippen molar-refractivity contribution in [2.24, 2.45) is 0 Å². The van der Waals surface area contributed by atoms with Gasteiger partial charge in [0.15, 0.2) is 5.11 Å². The second-order valence-electron chi connectivity index (χ2n) is 6.13. The van der Waals surface area contributed by atoms with Crippen molar-refractivity contribution in [1.82, 2.24) is 10.2 Å². The summed E-state index contributed by atoms with van der Waals surface area (Å²) in [6.07, 6.45) is 5.34. The Kier molecular flexibility index (Phi) is 6.93. The molecule has 1 fully saturated rings. The predicted octanol–water partition coefficient (Wildman–Crippen LogP) is 2.92. The van der Waals surface area contributed by atoms with Crippen LogP contribution in [0.2, 0.25) is 0 Å². The molecule has 1 aromatic rings. The van der Waals surface area contributed by atoms with E-state index in [4.69, 9.17) is 12.2 Å². The van der Waals surface area contributed by atoms with Gasteiger partial charge >= 0.3 is 0 Å². The van der Waals surface area contributed by atoms with E-state index in [0.29, 0.717) is 5.11 Å². The van der Waals surface area contributed by atoms with Crippen LogP contribution in [0, 0.1) is 0 Å². The van der Waals surface area contributed by atoms with Crippen molar-refractivity contribution in [2.75, 3.05) is 50.5 Å². The van der Waals surface area contributed by atoms with Gasteiger partial charge < -0.3 is 20.4 Å². The summed E-state index contributed by atoms with van der Waals surface area (Å²) in [4.78, 5) is 4.62. The highest BCUT2D eigenvalue weighted by atomic mass is 32.1. The monoisotopic (exact) mass is 320 g/mol. The zero-order chi connectivity index (χ0) is 15.8. The lowest BCUT2D eigenvalue weighted by molar-refractivity contribution is 0.413. The minimum absolute atomic E-state index is 0.685. The van der Waals surface area contributed by atoms with Crippen molar-refractivity contribution in [1.29, 1.82) is 0 Å². The molecule has 4 nitrogen and oxygen atoms in total. The Balaban J connectivity index is 1.82. The molecule has 0 unspecified atom stereocenters. The average Bonchev–Trinajstić information content (AvgIpc) is 2.77. The second kappa shape index (κ2) is 8.96. The molecule has 22 heavy (non-hydrogen) atoms. The zero-order valence-corrected chi connectivity index (χ0v) is 14.6. The topological polar surface area (TPSA) is 30.5 Å². The molecule has 0 aliphatic carbocycles. The van der Waals surface area contributed by atoms with E-state index in [9.17, 15) is 0 Å². The van der Waals surface area contributed by atoms with Crippen LogP contribution in [0.15, 0.2) is 24.3 Å². The maximum absolute atomic E-state index is 5.31. The maximum Gasteiger partial charge on any atom is 0.170 e. The molecule has 0 saturated carbocycles. The Hall–Kier alpha value is -1.33. The highest BCUT2D eigenvalue weighted by Gasteiger charge is 2.09. The molecule has 5 heteroatoms. The fourth-order valence-electron chi connectivity index (χ4n) is 2.65. The number of likely N-dealkylation sites (N-methyl/N-ethyl adjacent to an activating group) is 1. The van der Waals surface area contributed by atoms with Gasteiger partial charge in [0.05, 0.1) is 0 Å². The molecule has 0 bridgehead atoms. The lowest BCUT2D eigenvalue weighted by Gasteiger charge is -2.23. The summed E-state index contributed by atoms with van der Waals surface area (Å²) in [7, 11) is 4.11. The quantitative estimate of drug-likeness (QED) is 0.815. The van der Waals surface area contributed by atoms with Crippen molar-refractivity contribution >= 4 is 28.7 Å². The van der Waals surface area contributed by atoms with Crippen LogP contribution in [-0.4, -0.2) is 50.3 Å². The number of nitrogens with one attached hydrogen (secondary N) is 2. The van der Waals surface area contributed by atoms with E-state index in [1.807, 2.05) is 0 Å². The number of nitrogens with zero attached hydrogens (tertiary/aromatic N) is 2. The maximum atomic E-state index is 5.31. The van der Waals surface area contributed by atoms with Crippen molar-refractivity contribution in [3.8, 4) is 0 Å². The summed E-state index contributed by atoms with van der Waals surface area (Å²) in [5.41, 5.74) is 2.36. The molecule has 2 rings (SSSR count). The number of anilines is 2. The molecule has 0 atom stereocenters. The smallest absolute Gasteiger partial charge is 0.170 e. The summed E-state index contributed by atoms with van der Waals surface area (Å²) >= 11 is 5.31. The molecule has 0 radical (unpaired) electrons. The third-order valence-corrected chi connectivity index (χ3v) is 4.19. The standard InChI is InChI=1S/C17H28N4S/c1-20(2)14-11-18-17(22)19-15-7-9-16(10-8-15)21-12-5-3-4-6-13-21/h7-10H,3-6,11-14H2,1-2H3,(H2,18,19,22). The summed E-state index contributed by atoms with van der Waals surface area (Å²) in [5, 5.41) is 7.14. The van der Waals surface area contributed by atoms with Gasteiger partial charge in [-0.2, -0.15) is 0 Å². The Morgan fingerprint density at radius 1 is 1.09 bits per heavy atom. The van der Waals surface area contributed by atoms with Crippen LogP contribution in [-0.2, 0) is 0 Å². The van der Waals surface area contributed by atoms with Gasteiger partial charge in [-0.3, -0.25) is 0 Å². The Labute approximate surface area is 139 Å². The lowest BCUT2D eigenvalue weighted by atomic mass is 10.2. The fourth-order valence-corrected chi connectivity index (χ4v) is 2.87. The molecule has 0 spiro atoms. The molecular weight excluding hydrogens is 292 g/mol. The van der Waals surface area contributed by atoms with Crippen molar-refractivity contribution in [3.63, 3.8) is 0 Å². The largest absolute Gasteiger partial charge is 0.372 e. The van der Waals surface area contributed by atoms with E-state index in [1.165, 1.54) is 44.5 Å². The number of hydrogen-bond acceptors (Lipinski definition) is 3. The van der Waals surface area contributed by atoms with Crippen molar-refractivity contribution in [3.05, 3.63) is 24.3 Å². The van der Waals surface area contributed by atoms with Crippen LogP contribution in [0.25, 0.3) is 0 Å². The van der Waals surface area contributed by atoms with Crippen LogP contribution in [0.4, 0.5) is 11.4 Å². The molecular formula is C17H28N4S. The van der Waals surface area contributed by atoms with E-state index >= 15 is 0 Å². The molecule has 0 amide bonds. The molecule has 1 heterocycles. The number of benzene rings is 1. The van der Waals surface area contributed by atoms with Crippen LogP contribution in [0.3, 0.4) is 0 Å². The highest BCUT2D eigenvalue weighted by Crippen LogP contribution is 2.21. The van der Waals surface area contributed by atoms with Crippen molar-refractivity contribution < 1.29 is 0 Å². The number of hydrogen-bond donors (Lipinski definition) is 2. The average molecular weight is 321 g/mol. The number of rotatable bonds is 5. The van der Waals surface area contributed by atoms with Gasteiger partial charge in [0.25, 0.3) is 0 Å². The van der Waals surface area contributed by atoms with Crippen LogP contribution >= 0.6 is 12.2 Å². The molecule has 1 saturated heterocycles. The first kappa shape index (κ1) is 17.0. The Morgan fingerprint density at radius 3 is 2.32 bits per heavy atom. The molecule has 1 aromatic carbocycles. The molecule has 1 aliphatic heterocycles. The van der Waals surface area contributed by atoms with E-state index in [0.717, 1.165) is 18.8 Å². The SMILES string of the molecule is CN(C)CCNC(=S)Nc1ccc(N2CCCCCC2)cc1. The molecule has 122 valence electrons. The van der Waals surface area contributed by atoms with E-state index in [2.05, 4.69) is 58.8 Å². The minimum Gasteiger partial charge on any atom is -0.372 e. The summed E-state index contributed by atoms with van der Waals surface area (Å²) in [6, 6.07) is 8.60. The van der Waals surface area contributed by atoms with Gasteiger partial charge in [-0.1, -0.05) is 12.8 Å². The molecule has 1 aliphatic rings. The second-order valence-corrected chi connectivity index (χ2v) is 6.54. The Bertz CT molecular complexity index is 450. The predicted molar refractivity (Wildman–Crippen MR) is 99.9 cm³/mol. The summed E-state index contributed by atoms with van der Waals surface area (Å²) < 4.78 is 0. The van der Waals surface area contributed by atoms with Gasteiger partial charge in [-0.05, 0) is 63.4 Å².